The fourth-order valence-electron chi connectivity index (χ4n) is 4.08. The molecule has 0 saturated heterocycles. The van der Waals surface area contributed by atoms with Crippen LogP contribution >= 0.6 is 0 Å². The average Bonchev–Trinajstić information content (AvgIpc) is 3.40. The van der Waals surface area contributed by atoms with Crippen LogP contribution in [0.1, 0.15) is 41.7 Å². The molecule has 1 fully saturated rings. The number of imidazole rings is 1. The van der Waals surface area contributed by atoms with Crippen LogP contribution in [0.5, 0.6) is 0 Å². The number of nitrogens with zero attached hydrogens (tertiary/aromatic N) is 3. The van der Waals surface area contributed by atoms with Gasteiger partial charge in [-0.15, -0.1) is 0 Å². The molecule has 1 aromatic carbocycles. The van der Waals surface area contributed by atoms with Crippen LogP contribution in [0.25, 0.3) is 22.0 Å². The number of rotatable bonds is 4. The van der Waals surface area contributed by atoms with Crippen molar-refractivity contribution in [2.45, 2.75) is 39.2 Å². The van der Waals surface area contributed by atoms with Crippen molar-refractivity contribution in [1.29, 1.82) is 0 Å². The zero-order valence-electron chi connectivity index (χ0n) is 16.7. The van der Waals surface area contributed by atoms with E-state index in [1.165, 1.54) is 6.07 Å². The number of nitrogens with one attached hydrogen (secondary N) is 1. The zero-order chi connectivity index (χ0) is 21.0. The lowest BCUT2D eigenvalue weighted by Gasteiger charge is -2.16. The number of benzene rings is 1. The van der Waals surface area contributed by atoms with Gasteiger partial charge in [-0.25, -0.2) is 13.8 Å². The number of aromatic nitrogens is 4. The Bertz CT molecular complexity index is 1320. The number of fused-ring (bicyclic) bond motifs is 1. The number of halogens is 2. The van der Waals surface area contributed by atoms with Gasteiger partial charge >= 0.3 is 0 Å². The number of hydrogen-bond acceptors (Lipinski definition) is 3. The van der Waals surface area contributed by atoms with E-state index in [0.717, 1.165) is 12.8 Å². The minimum atomic E-state index is -0.750. The van der Waals surface area contributed by atoms with Crippen LogP contribution in [0.2, 0.25) is 0 Å². The van der Waals surface area contributed by atoms with E-state index in [1.807, 2.05) is 0 Å². The lowest BCUT2D eigenvalue weighted by atomic mass is 9.99. The van der Waals surface area contributed by atoms with Crippen LogP contribution in [0, 0.1) is 25.5 Å². The SMILES string of the molecule is Cc1cc(-c2c(F)cc3c(=O)c(Cc4ncc[nH]4)cn(C4CC4)c3c2F)cc(C)n1. The highest BCUT2D eigenvalue weighted by atomic mass is 19.1. The monoisotopic (exact) mass is 406 g/mol. The Balaban J connectivity index is 1.79. The van der Waals surface area contributed by atoms with E-state index in [1.54, 1.807) is 49.1 Å². The maximum atomic E-state index is 15.8. The Kier molecular flexibility index (Phi) is 4.27. The second-order valence-electron chi connectivity index (χ2n) is 7.92. The molecule has 0 radical (unpaired) electrons. The highest BCUT2D eigenvalue weighted by Gasteiger charge is 2.29. The van der Waals surface area contributed by atoms with Gasteiger partial charge in [0.15, 0.2) is 11.2 Å². The first-order chi connectivity index (χ1) is 14.4. The highest BCUT2D eigenvalue weighted by Crippen LogP contribution is 2.40. The largest absolute Gasteiger partial charge is 0.348 e. The van der Waals surface area contributed by atoms with Crippen molar-refractivity contribution in [3.8, 4) is 11.1 Å². The van der Waals surface area contributed by atoms with Gasteiger partial charge in [-0.2, -0.15) is 0 Å². The number of aryl methyl sites for hydroxylation is 2. The van der Waals surface area contributed by atoms with Gasteiger partial charge in [-0.05, 0) is 50.5 Å². The smallest absolute Gasteiger partial charge is 0.193 e. The third kappa shape index (κ3) is 3.10. The Labute approximate surface area is 171 Å². The summed E-state index contributed by atoms with van der Waals surface area (Å²) in [6.07, 6.45) is 7.08. The lowest BCUT2D eigenvalue weighted by Crippen LogP contribution is -2.17. The van der Waals surface area contributed by atoms with Crippen molar-refractivity contribution in [3.05, 3.63) is 81.4 Å². The minimum absolute atomic E-state index is 0.0622. The summed E-state index contributed by atoms with van der Waals surface area (Å²) >= 11 is 0. The van der Waals surface area contributed by atoms with Crippen LogP contribution in [-0.4, -0.2) is 19.5 Å². The summed E-state index contributed by atoms with van der Waals surface area (Å²) in [6, 6.07) is 4.60. The fourth-order valence-corrected chi connectivity index (χ4v) is 4.08. The molecule has 1 saturated carbocycles. The normalized spacial score (nSPS) is 13.9. The van der Waals surface area contributed by atoms with E-state index < -0.39 is 11.6 Å². The van der Waals surface area contributed by atoms with E-state index in [-0.39, 0.29) is 34.4 Å². The van der Waals surface area contributed by atoms with E-state index in [9.17, 15) is 4.79 Å². The van der Waals surface area contributed by atoms with E-state index in [4.69, 9.17) is 0 Å². The fraction of sp³-hybridized carbons (Fsp3) is 0.261. The average molecular weight is 406 g/mol. The van der Waals surface area contributed by atoms with Crippen molar-refractivity contribution in [1.82, 2.24) is 19.5 Å². The summed E-state index contributed by atoms with van der Waals surface area (Å²) in [7, 11) is 0. The molecule has 1 aliphatic carbocycles. The van der Waals surface area contributed by atoms with Gasteiger partial charge in [-0.3, -0.25) is 9.78 Å². The van der Waals surface area contributed by atoms with Gasteiger partial charge in [0.2, 0.25) is 0 Å². The van der Waals surface area contributed by atoms with Crippen LogP contribution < -0.4 is 5.43 Å². The number of H-pyrrole nitrogens is 1. The van der Waals surface area contributed by atoms with Crippen molar-refractivity contribution in [3.63, 3.8) is 0 Å². The first kappa shape index (κ1) is 18.7. The van der Waals surface area contributed by atoms with Gasteiger partial charge in [0, 0.05) is 48.0 Å². The molecule has 5 rings (SSSR count). The lowest BCUT2D eigenvalue weighted by molar-refractivity contribution is 0.589. The molecule has 7 heteroatoms. The summed E-state index contributed by atoms with van der Waals surface area (Å²) in [6.45, 7) is 3.57. The van der Waals surface area contributed by atoms with E-state index in [0.29, 0.717) is 28.3 Å². The third-order valence-corrected chi connectivity index (χ3v) is 5.50. The summed E-state index contributed by atoms with van der Waals surface area (Å²) in [5, 5.41) is 0.0622. The molecule has 0 unspecified atom stereocenters. The number of hydrogen-bond donors (Lipinski definition) is 1. The molecule has 0 atom stereocenters. The zero-order valence-corrected chi connectivity index (χ0v) is 16.7. The van der Waals surface area contributed by atoms with Gasteiger partial charge in [0.05, 0.1) is 16.5 Å². The second kappa shape index (κ2) is 6.86. The van der Waals surface area contributed by atoms with Crippen molar-refractivity contribution in [2.24, 2.45) is 0 Å². The molecule has 3 heterocycles. The predicted molar refractivity (Wildman–Crippen MR) is 110 cm³/mol. The third-order valence-electron chi connectivity index (χ3n) is 5.50. The molecule has 152 valence electrons. The first-order valence-corrected chi connectivity index (χ1v) is 9.92. The highest BCUT2D eigenvalue weighted by molar-refractivity contribution is 5.87. The molecule has 0 amide bonds. The Morgan fingerprint density at radius 1 is 1.17 bits per heavy atom. The Morgan fingerprint density at radius 3 is 2.53 bits per heavy atom. The van der Waals surface area contributed by atoms with Crippen molar-refractivity contribution in [2.75, 3.05) is 0 Å². The predicted octanol–water partition coefficient (Wildman–Crippen LogP) is 4.61. The van der Waals surface area contributed by atoms with Gasteiger partial charge in [-0.1, -0.05) is 0 Å². The maximum Gasteiger partial charge on any atom is 0.193 e. The van der Waals surface area contributed by atoms with E-state index >= 15 is 8.78 Å². The van der Waals surface area contributed by atoms with Gasteiger partial charge in [0.1, 0.15) is 11.6 Å². The molecular formula is C23H20F2N4O. The Morgan fingerprint density at radius 2 is 1.90 bits per heavy atom. The van der Waals surface area contributed by atoms with Crippen LogP contribution in [0.4, 0.5) is 8.78 Å². The quantitative estimate of drug-likeness (QED) is 0.538. The summed E-state index contributed by atoms with van der Waals surface area (Å²) in [4.78, 5) is 24.5. The minimum Gasteiger partial charge on any atom is -0.348 e. The molecule has 5 nitrogen and oxygen atoms in total. The molecule has 1 aliphatic rings. The summed E-state index contributed by atoms with van der Waals surface area (Å²) in [5.74, 6) is -0.822. The molecule has 30 heavy (non-hydrogen) atoms. The molecule has 4 aromatic rings. The number of pyridine rings is 2. The van der Waals surface area contributed by atoms with Crippen molar-refractivity contribution < 1.29 is 8.78 Å². The first-order valence-electron chi connectivity index (χ1n) is 9.92. The van der Waals surface area contributed by atoms with Crippen LogP contribution in [-0.2, 0) is 6.42 Å². The summed E-state index contributed by atoms with van der Waals surface area (Å²) in [5.41, 5.74) is 1.91. The molecule has 0 bridgehead atoms. The number of aromatic amines is 1. The van der Waals surface area contributed by atoms with Crippen LogP contribution in [0.3, 0.4) is 0 Å². The van der Waals surface area contributed by atoms with Gasteiger partial charge < -0.3 is 9.55 Å². The molecular weight excluding hydrogens is 386 g/mol. The van der Waals surface area contributed by atoms with E-state index in [2.05, 4.69) is 15.0 Å². The van der Waals surface area contributed by atoms with Crippen molar-refractivity contribution >= 4 is 10.9 Å². The molecule has 3 aromatic heterocycles. The second-order valence-corrected chi connectivity index (χ2v) is 7.92. The van der Waals surface area contributed by atoms with Crippen LogP contribution in [0.15, 0.2) is 41.6 Å². The maximum absolute atomic E-state index is 15.8. The molecule has 0 aliphatic heterocycles. The standard InChI is InChI=1S/C23H20F2N4O/c1-12-7-14(8-13(2)28-12)20-18(24)10-17-22(21(20)25)29(16-3-4-16)11-15(23(17)30)9-19-26-5-6-27-19/h5-8,10-11,16H,3-4,9H2,1-2H3,(H,26,27). The Hall–Kier alpha value is -3.35. The topological polar surface area (TPSA) is 63.6 Å². The summed E-state index contributed by atoms with van der Waals surface area (Å²) < 4.78 is 32.7. The molecule has 1 N–H and O–H groups in total. The molecule has 0 spiro atoms. The van der Waals surface area contributed by atoms with Gasteiger partial charge in [0.25, 0.3) is 0 Å².